The van der Waals surface area contributed by atoms with E-state index in [1.165, 1.54) is 0 Å². The van der Waals surface area contributed by atoms with E-state index in [1.807, 2.05) is 19.3 Å². The fourth-order valence-electron chi connectivity index (χ4n) is 1.26. The Morgan fingerprint density at radius 3 is 3.33 bits per heavy atom. The molecule has 0 aliphatic rings. The lowest BCUT2D eigenvalue weighted by molar-refractivity contribution is 0.818. The van der Waals surface area contributed by atoms with Gasteiger partial charge in [-0.2, -0.15) is 5.10 Å². The van der Waals surface area contributed by atoms with Crippen molar-refractivity contribution in [3.05, 3.63) is 30.2 Å². The molecule has 2 aromatic heterocycles. The largest absolute Gasteiger partial charge is 0.319 e. The summed E-state index contributed by atoms with van der Waals surface area (Å²) in [5.41, 5.74) is 1.70. The average molecular weight is 200 g/mol. The first-order valence-electron chi connectivity index (χ1n) is 4.83. The van der Waals surface area contributed by atoms with Gasteiger partial charge in [-0.05, 0) is 13.1 Å². The van der Waals surface area contributed by atoms with E-state index >= 15 is 0 Å². The molecule has 4 nitrogen and oxygen atoms in total. The molecule has 0 atom stereocenters. The zero-order valence-corrected chi connectivity index (χ0v) is 8.57. The highest BCUT2D eigenvalue weighted by Gasteiger charge is 1.99. The maximum Gasteiger partial charge on any atom is 0.170 e. The maximum absolute atomic E-state index is 4.22. The van der Waals surface area contributed by atoms with Crippen LogP contribution >= 0.6 is 0 Å². The molecule has 76 valence electrons. The van der Waals surface area contributed by atoms with E-state index in [2.05, 4.69) is 27.2 Å². The number of aromatic nitrogens is 3. The lowest BCUT2D eigenvalue weighted by Crippen LogP contribution is -2.05. The molecule has 0 aliphatic carbocycles. The topological polar surface area (TPSA) is 42.2 Å². The van der Waals surface area contributed by atoms with Crippen LogP contribution in [0.5, 0.6) is 0 Å². The van der Waals surface area contributed by atoms with Crippen molar-refractivity contribution in [2.75, 3.05) is 13.6 Å². The molecule has 0 saturated heterocycles. The molecule has 0 saturated carbocycles. The Hall–Kier alpha value is -1.86. The van der Waals surface area contributed by atoms with Gasteiger partial charge in [0.1, 0.15) is 0 Å². The summed E-state index contributed by atoms with van der Waals surface area (Å²) in [5, 5.41) is 7.20. The van der Waals surface area contributed by atoms with Gasteiger partial charge < -0.3 is 5.32 Å². The lowest BCUT2D eigenvalue weighted by atomic mass is 10.3. The summed E-state index contributed by atoms with van der Waals surface area (Å²) in [6.45, 7) is 0.902. The van der Waals surface area contributed by atoms with Crippen molar-refractivity contribution in [3.8, 4) is 11.8 Å². The van der Waals surface area contributed by atoms with Crippen molar-refractivity contribution >= 4 is 5.65 Å². The van der Waals surface area contributed by atoms with Crippen molar-refractivity contribution in [3.63, 3.8) is 0 Å². The van der Waals surface area contributed by atoms with Crippen LogP contribution in [0.3, 0.4) is 0 Å². The molecule has 0 amide bonds. The van der Waals surface area contributed by atoms with E-state index < -0.39 is 0 Å². The molecule has 0 spiro atoms. The normalized spacial score (nSPS) is 9.93. The zero-order valence-electron chi connectivity index (χ0n) is 8.57. The molecule has 1 N–H and O–H groups in total. The molecule has 15 heavy (non-hydrogen) atoms. The quantitative estimate of drug-likeness (QED) is 0.573. The van der Waals surface area contributed by atoms with E-state index in [0.717, 1.165) is 24.2 Å². The predicted molar refractivity (Wildman–Crippen MR) is 58.4 cm³/mol. The first-order chi connectivity index (χ1) is 7.42. The molecule has 0 radical (unpaired) electrons. The van der Waals surface area contributed by atoms with Crippen molar-refractivity contribution in [1.29, 1.82) is 0 Å². The van der Waals surface area contributed by atoms with E-state index in [0.29, 0.717) is 0 Å². The van der Waals surface area contributed by atoms with Crippen LogP contribution in [0.2, 0.25) is 0 Å². The Bertz CT molecular complexity index is 504. The van der Waals surface area contributed by atoms with Gasteiger partial charge in [-0.15, -0.1) is 0 Å². The molecule has 2 heterocycles. The van der Waals surface area contributed by atoms with Crippen molar-refractivity contribution in [1.82, 2.24) is 19.9 Å². The van der Waals surface area contributed by atoms with Gasteiger partial charge in [0.25, 0.3) is 0 Å². The summed E-state index contributed by atoms with van der Waals surface area (Å²) in [6.07, 6.45) is 6.19. The van der Waals surface area contributed by atoms with Crippen LogP contribution in [-0.2, 0) is 0 Å². The summed E-state index contributed by atoms with van der Waals surface area (Å²) in [4.78, 5) is 4.22. The van der Waals surface area contributed by atoms with Crippen LogP contribution in [-0.4, -0.2) is 28.2 Å². The summed E-state index contributed by atoms with van der Waals surface area (Å²) >= 11 is 0. The Morgan fingerprint density at radius 2 is 2.47 bits per heavy atom. The Kier molecular flexibility index (Phi) is 2.96. The highest BCUT2D eigenvalue weighted by Crippen LogP contribution is 2.04. The van der Waals surface area contributed by atoms with Gasteiger partial charge >= 0.3 is 0 Å². The number of fused-ring (bicyclic) bond motifs is 1. The highest BCUT2D eigenvalue weighted by molar-refractivity contribution is 5.55. The van der Waals surface area contributed by atoms with Gasteiger partial charge in [-0.3, -0.25) is 0 Å². The van der Waals surface area contributed by atoms with E-state index in [4.69, 9.17) is 0 Å². The van der Waals surface area contributed by atoms with E-state index in [1.54, 1.807) is 16.9 Å². The van der Waals surface area contributed by atoms with Crippen molar-refractivity contribution < 1.29 is 0 Å². The fraction of sp³-hybridized carbons (Fsp3) is 0.273. The van der Waals surface area contributed by atoms with Crippen molar-refractivity contribution in [2.24, 2.45) is 0 Å². The minimum Gasteiger partial charge on any atom is -0.319 e. The molecule has 0 unspecified atom stereocenters. The summed E-state index contributed by atoms with van der Waals surface area (Å²) in [7, 11) is 1.92. The number of nitrogens with zero attached hydrogens (tertiary/aromatic N) is 3. The molecule has 0 aromatic carbocycles. The monoisotopic (exact) mass is 200 g/mol. The van der Waals surface area contributed by atoms with Gasteiger partial charge in [0, 0.05) is 25.4 Å². The third-order valence-corrected chi connectivity index (χ3v) is 2.00. The molecule has 0 bridgehead atoms. The third kappa shape index (κ3) is 2.14. The highest BCUT2D eigenvalue weighted by atomic mass is 15.2. The summed E-state index contributed by atoms with van der Waals surface area (Å²) in [5.74, 6) is 6.14. The molecule has 0 fully saturated rings. The number of hydrogen-bond acceptors (Lipinski definition) is 3. The smallest absolute Gasteiger partial charge is 0.170 e. The van der Waals surface area contributed by atoms with Crippen LogP contribution < -0.4 is 5.32 Å². The third-order valence-electron chi connectivity index (χ3n) is 2.00. The second kappa shape index (κ2) is 4.58. The summed E-state index contributed by atoms with van der Waals surface area (Å²) < 4.78 is 1.72. The van der Waals surface area contributed by atoms with Crippen LogP contribution in [0.15, 0.2) is 24.7 Å². The Balaban J connectivity index is 2.23. The zero-order chi connectivity index (χ0) is 10.5. The van der Waals surface area contributed by atoms with Crippen LogP contribution in [0.25, 0.3) is 5.65 Å². The lowest BCUT2D eigenvalue weighted by Gasteiger charge is -1.89. The molecular weight excluding hydrogens is 188 g/mol. The Labute approximate surface area is 88.3 Å². The van der Waals surface area contributed by atoms with Crippen LogP contribution in [0.4, 0.5) is 0 Å². The average Bonchev–Trinajstić information content (AvgIpc) is 2.68. The number of rotatable bonds is 2. The number of hydrogen-bond donors (Lipinski definition) is 1. The second-order valence-corrected chi connectivity index (χ2v) is 3.10. The van der Waals surface area contributed by atoms with Gasteiger partial charge in [0.15, 0.2) is 5.65 Å². The second-order valence-electron chi connectivity index (χ2n) is 3.10. The van der Waals surface area contributed by atoms with Crippen molar-refractivity contribution in [2.45, 2.75) is 6.42 Å². The van der Waals surface area contributed by atoms with Gasteiger partial charge in [0.05, 0.1) is 11.8 Å². The first-order valence-corrected chi connectivity index (χ1v) is 4.83. The standard InChI is InChI=1S/C11H12N4/c1-12-6-3-2-5-10-9-14-15-8-4-7-13-11(10)15/h4,7-9,12H,3,6H2,1H3. The van der Waals surface area contributed by atoms with Gasteiger partial charge in [0.2, 0.25) is 0 Å². The molecule has 4 heteroatoms. The minimum atomic E-state index is 0.814. The molecular formula is C11H12N4. The SMILES string of the molecule is CNCCC#Cc1cnn2cccnc12. The van der Waals surface area contributed by atoms with Gasteiger partial charge in [-0.25, -0.2) is 9.50 Å². The van der Waals surface area contributed by atoms with E-state index in [-0.39, 0.29) is 0 Å². The molecule has 2 aromatic rings. The maximum atomic E-state index is 4.22. The molecule has 2 rings (SSSR count). The van der Waals surface area contributed by atoms with Crippen LogP contribution in [0.1, 0.15) is 12.0 Å². The van der Waals surface area contributed by atoms with E-state index in [9.17, 15) is 0 Å². The number of nitrogens with one attached hydrogen (secondary N) is 1. The predicted octanol–water partition coefficient (Wildman–Crippen LogP) is 0.690. The Morgan fingerprint density at radius 1 is 1.53 bits per heavy atom. The van der Waals surface area contributed by atoms with Gasteiger partial charge in [-0.1, -0.05) is 11.8 Å². The first kappa shape index (κ1) is 9.69. The summed E-state index contributed by atoms with van der Waals surface area (Å²) in [6, 6.07) is 1.85. The fourth-order valence-corrected chi connectivity index (χ4v) is 1.26. The van der Waals surface area contributed by atoms with Crippen LogP contribution in [0, 0.1) is 11.8 Å². The minimum absolute atomic E-state index is 0.814. The molecule has 0 aliphatic heterocycles.